The zero-order valence-electron chi connectivity index (χ0n) is 12.4. The number of nitrogens with zero attached hydrogens (tertiary/aromatic N) is 1. The van der Waals surface area contributed by atoms with Gasteiger partial charge in [0.25, 0.3) is 0 Å². The number of hydrogen-bond donors (Lipinski definition) is 2. The second kappa shape index (κ2) is 8.41. The van der Waals surface area contributed by atoms with E-state index in [0.29, 0.717) is 19.3 Å². The Hall–Kier alpha value is -1.24. The van der Waals surface area contributed by atoms with Gasteiger partial charge in [0.05, 0.1) is 18.2 Å². The third-order valence-corrected chi connectivity index (χ3v) is 5.35. The molecule has 0 saturated heterocycles. The van der Waals surface area contributed by atoms with E-state index in [2.05, 4.69) is 26.2 Å². The molecule has 0 aliphatic rings. The van der Waals surface area contributed by atoms with Crippen LogP contribution in [0.5, 0.6) is 0 Å². The number of aryl methyl sites for hydroxylation is 2. The number of carbonyl (C=O) groups is 1. The Bertz CT molecular complexity index is 617. The van der Waals surface area contributed by atoms with Gasteiger partial charge in [-0.2, -0.15) is 0 Å². The van der Waals surface area contributed by atoms with Crippen molar-refractivity contribution in [3.05, 3.63) is 50.4 Å². The summed E-state index contributed by atoms with van der Waals surface area (Å²) in [6.45, 7) is 1.96. The van der Waals surface area contributed by atoms with E-state index in [1.807, 2.05) is 25.1 Å². The number of benzene rings is 1. The number of carbonyl (C=O) groups excluding carboxylic acids is 1. The maximum atomic E-state index is 12.1. The van der Waals surface area contributed by atoms with Crippen LogP contribution in [0.25, 0.3) is 0 Å². The van der Waals surface area contributed by atoms with E-state index in [0.717, 1.165) is 20.5 Å². The molecular formula is C16H19BrN2O2S. The molecule has 0 radical (unpaired) electrons. The predicted octanol–water partition coefficient (Wildman–Crippen LogP) is 2.87. The lowest BCUT2D eigenvalue weighted by Gasteiger charge is -2.15. The summed E-state index contributed by atoms with van der Waals surface area (Å²) in [6, 6.07) is 5.79. The van der Waals surface area contributed by atoms with Crippen LogP contribution in [-0.4, -0.2) is 28.6 Å². The van der Waals surface area contributed by atoms with Crippen molar-refractivity contribution >= 4 is 33.2 Å². The normalized spacial score (nSPS) is 12.1. The molecule has 4 nitrogen and oxygen atoms in total. The maximum absolute atomic E-state index is 12.1. The number of thiazole rings is 1. The number of aromatic nitrogens is 1. The first-order chi connectivity index (χ1) is 10.6. The van der Waals surface area contributed by atoms with Crippen molar-refractivity contribution in [1.82, 2.24) is 10.3 Å². The van der Waals surface area contributed by atoms with Crippen molar-refractivity contribution in [1.29, 1.82) is 0 Å². The number of amides is 1. The molecule has 2 N–H and O–H groups in total. The molecule has 118 valence electrons. The van der Waals surface area contributed by atoms with Gasteiger partial charge in [0.15, 0.2) is 0 Å². The lowest BCUT2D eigenvalue weighted by Crippen LogP contribution is -2.39. The van der Waals surface area contributed by atoms with Crippen LogP contribution in [-0.2, 0) is 17.6 Å². The molecule has 0 spiro atoms. The largest absolute Gasteiger partial charge is 0.394 e. The standard InChI is InChI=1S/C16H19BrN2O2S/c1-11-3-2-4-12(16(11)17)5-6-15(21)19-13(9-20)7-14-8-18-10-22-14/h2-4,8,10,13,20H,5-7,9H2,1H3,(H,19,21). The van der Waals surface area contributed by atoms with Gasteiger partial charge in [-0.25, -0.2) is 0 Å². The van der Waals surface area contributed by atoms with E-state index in [1.165, 1.54) is 11.3 Å². The summed E-state index contributed by atoms with van der Waals surface area (Å²) < 4.78 is 1.06. The second-order valence-corrected chi connectivity index (χ2v) is 6.93. The average Bonchev–Trinajstić information content (AvgIpc) is 3.01. The Morgan fingerprint density at radius 2 is 2.32 bits per heavy atom. The second-order valence-electron chi connectivity index (χ2n) is 5.17. The Balaban J connectivity index is 1.85. The Kier molecular flexibility index (Phi) is 6.54. The molecule has 0 fully saturated rings. The molecule has 0 aliphatic carbocycles. The van der Waals surface area contributed by atoms with Crippen LogP contribution in [0.15, 0.2) is 34.4 Å². The minimum absolute atomic E-state index is 0.0445. The molecule has 1 amide bonds. The zero-order chi connectivity index (χ0) is 15.9. The summed E-state index contributed by atoms with van der Waals surface area (Å²) in [4.78, 5) is 17.1. The number of hydrogen-bond acceptors (Lipinski definition) is 4. The van der Waals surface area contributed by atoms with Gasteiger partial charge in [0.2, 0.25) is 5.91 Å². The van der Waals surface area contributed by atoms with Crippen LogP contribution < -0.4 is 5.32 Å². The van der Waals surface area contributed by atoms with Crippen LogP contribution in [0.3, 0.4) is 0 Å². The van der Waals surface area contributed by atoms with Gasteiger partial charge < -0.3 is 10.4 Å². The van der Waals surface area contributed by atoms with E-state index >= 15 is 0 Å². The molecule has 0 bridgehead atoms. The number of nitrogens with one attached hydrogen (secondary N) is 1. The first-order valence-electron chi connectivity index (χ1n) is 7.11. The van der Waals surface area contributed by atoms with Gasteiger partial charge in [-0.05, 0) is 24.5 Å². The summed E-state index contributed by atoms with van der Waals surface area (Å²) >= 11 is 5.09. The molecule has 6 heteroatoms. The highest BCUT2D eigenvalue weighted by Crippen LogP contribution is 2.22. The molecule has 1 unspecified atom stereocenters. The molecular weight excluding hydrogens is 364 g/mol. The number of aliphatic hydroxyl groups is 1. The summed E-state index contributed by atoms with van der Waals surface area (Å²) in [5.41, 5.74) is 4.04. The fraction of sp³-hybridized carbons (Fsp3) is 0.375. The fourth-order valence-corrected chi connectivity index (χ4v) is 3.34. The molecule has 1 aromatic carbocycles. The minimum atomic E-state index is -0.256. The van der Waals surface area contributed by atoms with E-state index < -0.39 is 0 Å². The van der Waals surface area contributed by atoms with Crippen LogP contribution in [0.2, 0.25) is 0 Å². The van der Waals surface area contributed by atoms with E-state index in [1.54, 1.807) is 11.7 Å². The van der Waals surface area contributed by atoms with Crippen LogP contribution in [0, 0.1) is 6.92 Å². The smallest absolute Gasteiger partial charge is 0.220 e. The SMILES string of the molecule is Cc1cccc(CCC(=O)NC(CO)Cc2cncs2)c1Br. The highest BCUT2D eigenvalue weighted by atomic mass is 79.9. The summed E-state index contributed by atoms with van der Waals surface area (Å²) in [6.07, 6.45) is 3.46. The topological polar surface area (TPSA) is 62.2 Å². The summed E-state index contributed by atoms with van der Waals surface area (Å²) in [7, 11) is 0. The monoisotopic (exact) mass is 382 g/mol. The third-order valence-electron chi connectivity index (χ3n) is 3.41. The third kappa shape index (κ3) is 4.90. The van der Waals surface area contributed by atoms with Gasteiger partial charge in [-0.15, -0.1) is 11.3 Å². The highest BCUT2D eigenvalue weighted by molar-refractivity contribution is 9.10. The molecule has 2 rings (SSSR count). The Labute approximate surface area is 142 Å². The van der Waals surface area contributed by atoms with Crippen molar-refractivity contribution in [3.8, 4) is 0 Å². The first kappa shape index (κ1) is 17.1. The van der Waals surface area contributed by atoms with Gasteiger partial charge in [0.1, 0.15) is 0 Å². The fourth-order valence-electron chi connectivity index (χ4n) is 2.20. The van der Waals surface area contributed by atoms with Crippen molar-refractivity contribution in [3.63, 3.8) is 0 Å². The Morgan fingerprint density at radius 1 is 1.50 bits per heavy atom. The zero-order valence-corrected chi connectivity index (χ0v) is 14.8. The summed E-state index contributed by atoms with van der Waals surface area (Å²) in [5.74, 6) is -0.0445. The first-order valence-corrected chi connectivity index (χ1v) is 8.79. The molecule has 1 atom stereocenters. The molecule has 0 aliphatic heterocycles. The molecule has 1 heterocycles. The number of halogens is 1. The lowest BCUT2D eigenvalue weighted by molar-refractivity contribution is -0.122. The maximum Gasteiger partial charge on any atom is 0.220 e. The highest BCUT2D eigenvalue weighted by Gasteiger charge is 2.13. The van der Waals surface area contributed by atoms with Gasteiger partial charge in [0, 0.05) is 28.4 Å². The summed E-state index contributed by atoms with van der Waals surface area (Å²) in [5, 5.41) is 12.3. The van der Waals surface area contributed by atoms with Gasteiger partial charge >= 0.3 is 0 Å². The van der Waals surface area contributed by atoms with Crippen LogP contribution >= 0.6 is 27.3 Å². The van der Waals surface area contributed by atoms with Crippen molar-refractivity contribution in [2.75, 3.05) is 6.61 Å². The van der Waals surface area contributed by atoms with Crippen LogP contribution in [0.1, 0.15) is 22.4 Å². The van der Waals surface area contributed by atoms with E-state index in [4.69, 9.17) is 0 Å². The molecule has 2 aromatic rings. The molecule has 0 saturated carbocycles. The van der Waals surface area contributed by atoms with Crippen molar-refractivity contribution in [2.24, 2.45) is 0 Å². The predicted molar refractivity (Wildman–Crippen MR) is 92.0 cm³/mol. The Morgan fingerprint density at radius 3 is 3.00 bits per heavy atom. The quantitative estimate of drug-likeness (QED) is 0.773. The molecule has 22 heavy (non-hydrogen) atoms. The minimum Gasteiger partial charge on any atom is -0.394 e. The average molecular weight is 383 g/mol. The van der Waals surface area contributed by atoms with Gasteiger partial charge in [-0.3, -0.25) is 9.78 Å². The van der Waals surface area contributed by atoms with Crippen molar-refractivity contribution in [2.45, 2.75) is 32.2 Å². The lowest BCUT2D eigenvalue weighted by atomic mass is 10.1. The van der Waals surface area contributed by atoms with E-state index in [-0.39, 0.29) is 18.6 Å². The molecule has 1 aromatic heterocycles. The van der Waals surface area contributed by atoms with E-state index in [9.17, 15) is 9.90 Å². The number of aliphatic hydroxyl groups excluding tert-OH is 1. The number of rotatable bonds is 7. The van der Waals surface area contributed by atoms with Gasteiger partial charge in [-0.1, -0.05) is 34.1 Å². The van der Waals surface area contributed by atoms with Crippen molar-refractivity contribution < 1.29 is 9.90 Å². The van der Waals surface area contributed by atoms with Crippen LogP contribution in [0.4, 0.5) is 0 Å².